The topological polar surface area (TPSA) is 64.1 Å². The van der Waals surface area contributed by atoms with Gasteiger partial charge in [-0.1, -0.05) is 0 Å². The van der Waals surface area contributed by atoms with E-state index < -0.39 is 6.10 Å². The molecular weight excluding hydrogens is 269 g/mol. The Balaban J connectivity index is 2.33. The van der Waals surface area contributed by atoms with Crippen LogP contribution in [0.3, 0.4) is 0 Å². The molecule has 4 nitrogen and oxygen atoms in total. The molecule has 0 amide bonds. The van der Waals surface area contributed by atoms with Crippen LogP contribution >= 0.6 is 0 Å². The highest BCUT2D eigenvalue weighted by Gasteiger charge is 2.16. The van der Waals surface area contributed by atoms with Gasteiger partial charge in [0.25, 0.3) is 0 Å². The smallest absolute Gasteiger partial charge is 0.143 e. The van der Waals surface area contributed by atoms with Crippen molar-refractivity contribution < 1.29 is 9.50 Å². The molecule has 0 fully saturated rings. The number of benzene rings is 2. The molecule has 1 unspecified atom stereocenters. The Bertz CT molecular complexity index is 824. The van der Waals surface area contributed by atoms with E-state index in [2.05, 4.69) is 4.98 Å². The zero-order chi connectivity index (χ0) is 15.1. The van der Waals surface area contributed by atoms with Gasteiger partial charge in [0, 0.05) is 11.4 Å². The standard InChI is InChI=1S/C16H16FN3O/c1-9-7-12(4-5-13(9)17)20-15-6-3-11(18)8-14(15)19-16(20)10(2)21/h3-8,10,21H,18H2,1-2H3. The molecule has 0 saturated carbocycles. The Morgan fingerprint density at radius 1 is 1.24 bits per heavy atom. The molecule has 3 rings (SSSR count). The van der Waals surface area contributed by atoms with E-state index in [1.54, 1.807) is 38.1 Å². The number of aromatic nitrogens is 2. The molecule has 2 aromatic carbocycles. The largest absolute Gasteiger partial charge is 0.399 e. The summed E-state index contributed by atoms with van der Waals surface area (Å²) in [7, 11) is 0. The third-order valence-electron chi connectivity index (χ3n) is 3.48. The Labute approximate surface area is 121 Å². The van der Waals surface area contributed by atoms with Crippen LogP contribution < -0.4 is 5.73 Å². The zero-order valence-electron chi connectivity index (χ0n) is 11.8. The molecule has 21 heavy (non-hydrogen) atoms. The van der Waals surface area contributed by atoms with Crippen LogP contribution in [-0.4, -0.2) is 14.7 Å². The van der Waals surface area contributed by atoms with Crippen LogP contribution in [0.5, 0.6) is 0 Å². The lowest BCUT2D eigenvalue weighted by molar-refractivity contribution is 0.187. The first-order valence-electron chi connectivity index (χ1n) is 6.70. The summed E-state index contributed by atoms with van der Waals surface area (Å²) in [5.41, 5.74) is 9.22. The highest BCUT2D eigenvalue weighted by molar-refractivity contribution is 5.81. The van der Waals surface area contributed by atoms with Gasteiger partial charge in [-0.15, -0.1) is 0 Å². The number of aliphatic hydroxyl groups excluding tert-OH is 1. The van der Waals surface area contributed by atoms with E-state index in [9.17, 15) is 9.50 Å². The molecule has 5 heteroatoms. The number of fused-ring (bicyclic) bond motifs is 1. The van der Waals surface area contributed by atoms with Crippen molar-refractivity contribution >= 4 is 16.7 Å². The zero-order valence-corrected chi connectivity index (χ0v) is 11.8. The van der Waals surface area contributed by atoms with E-state index in [4.69, 9.17) is 5.73 Å². The normalized spacial score (nSPS) is 12.8. The highest BCUT2D eigenvalue weighted by atomic mass is 19.1. The molecule has 0 aliphatic carbocycles. The number of rotatable bonds is 2. The van der Waals surface area contributed by atoms with Gasteiger partial charge in [0.05, 0.1) is 11.0 Å². The predicted octanol–water partition coefficient (Wildman–Crippen LogP) is 3.11. The highest BCUT2D eigenvalue weighted by Crippen LogP contribution is 2.27. The fraction of sp³-hybridized carbons (Fsp3) is 0.188. The van der Waals surface area contributed by atoms with Gasteiger partial charge in [-0.05, 0) is 55.8 Å². The van der Waals surface area contributed by atoms with Crippen molar-refractivity contribution in [3.05, 3.63) is 53.6 Å². The third kappa shape index (κ3) is 2.25. The SMILES string of the molecule is Cc1cc(-n2c(C(C)O)nc3cc(N)ccc32)ccc1F. The molecule has 1 aromatic heterocycles. The summed E-state index contributed by atoms with van der Waals surface area (Å²) in [6, 6.07) is 10.2. The van der Waals surface area contributed by atoms with Crippen molar-refractivity contribution in [3.8, 4) is 5.69 Å². The minimum Gasteiger partial charge on any atom is -0.399 e. The molecule has 3 N–H and O–H groups in total. The molecule has 0 radical (unpaired) electrons. The maximum atomic E-state index is 13.5. The number of aryl methyl sites for hydroxylation is 1. The lowest BCUT2D eigenvalue weighted by Crippen LogP contribution is -2.05. The van der Waals surface area contributed by atoms with Crippen LogP contribution in [0.25, 0.3) is 16.7 Å². The average molecular weight is 285 g/mol. The Morgan fingerprint density at radius 2 is 2.00 bits per heavy atom. The second-order valence-electron chi connectivity index (χ2n) is 5.16. The fourth-order valence-corrected chi connectivity index (χ4v) is 2.44. The van der Waals surface area contributed by atoms with Gasteiger partial charge in [-0.2, -0.15) is 0 Å². The molecule has 108 valence electrons. The first kappa shape index (κ1) is 13.6. The summed E-state index contributed by atoms with van der Waals surface area (Å²) < 4.78 is 15.3. The van der Waals surface area contributed by atoms with E-state index >= 15 is 0 Å². The lowest BCUT2D eigenvalue weighted by atomic mass is 10.2. The first-order chi connectivity index (χ1) is 9.97. The molecular formula is C16H16FN3O. The fourth-order valence-electron chi connectivity index (χ4n) is 2.44. The predicted molar refractivity (Wildman–Crippen MR) is 80.8 cm³/mol. The molecule has 0 bridgehead atoms. The van der Waals surface area contributed by atoms with Gasteiger partial charge in [-0.3, -0.25) is 4.57 Å². The van der Waals surface area contributed by atoms with Crippen LogP contribution in [0.15, 0.2) is 36.4 Å². The summed E-state index contributed by atoms with van der Waals surface area (Å²) >= 11 is 0. The Kier molecular flexibility index (Phi) is 3.14. The lowest BCUT2D eigenvalue weighted by Gasteiger charge is -2.12. The summed E-state index contributed by atoms with van der Waals surface area (Å²) in [6.07, 6.45) is -0.746. The second kappa shape index (κ2) is 4.86. The van der Waals surface area contributed by atoms with Crippen LogP contribution in [0.2, 0.25) is 0 Å². The average Bonchev–Trinajstić information content (AvgIpc) is 2.80. The van der Waals surface area contributed by atoms with E-state index in [1.807, 2.05) is 10.6 Å². The number of hydrogen-bond acceptors (Lipinski definition) is 3. The van der Waals surface area contributed by atoms with Crippen molar-refractivity contribution in [2.45, 2.75) is 20.0 Å². The van der Waals surface area contributed by atoms with Crippen molar-refractivity contribution in [2.75, 3.05) is 5.73 Å². The molecule has 0 saturated heterocycles. The number of nitrogens with zero attached hydrogens (tertiary/aromatic N) is 2. The van der Waals surface area contributed by atoms with Crippen LogP contribution in [0, 0.1) is 12.7 Å². The number of nitrogen functional groups attached to an aromatic ring is 1. The van der Waals surface area contributed by atoms with Gasteiger partial charge in [0.1, 0.15) is 17.7 Å². The quantitative estimate of drug-likeness (QED) is 0.711. The first-order valence-corrected chi connectivity index (χ1v) is 6.70. The van der Waals surface area contributed by atoms with Crippen molar-refractivity contribution in [1.29, 1.82) is 0 Å². The summed E-state index contributed by atoms with van der Waals surface area (Å²) in [4.78, 5) is 4.44. The van der Waals surface area contributed by atoms with Gasteiger partial charge in [0.2, 0.25) is 0 Å². The van der Waals surface area contributed by atoms with Crippen LogP contribution in [0.1, 0.15) is 24.4 Å². The number of anilines is 1. The molecule has 0 aliphatic rings. The summed E-state index contributed by atoms with van der Waals surface area (Å²) in [5.74, 6) is 0.243. The van der Waals surface area contributed by atoms with E-state index in [1.165, 1.54) is 6.07 Å². The minimum absolute atomic E-state index is 0.258. The van der Waals surface area contributed by atoms with E-state index in [0.717, 1.165) is 11.2 Å². The maximum Gasteiger partial charge on any atom is 0.143 e. The summed E-state index contributed by atoms with van der Waals surface area (Å²) in [6.45, 7) is 3.36. The van der Waals surface area contributed by atoms with Gasteiger partial charge < -0.3 is 10.8 Å². The van der Waals surface area contributed by atoms with Gasteiger partial charge >= 0.3 is 0 Å². The van der Waals surface area contributed by atoms with E-state index in [-0.39, 0.29) is 5.82 Å². The number of nitrogens with two attached hydrogens (primary N) is 1. The van der Waals surface area contributed by atoms with Crippen molar-refractivity contribution in [1.82, 2.24) is 9.55 Å². The maximum absolute atomic E-state index is 13.5. The second-order valence-corrected chi connectivity index (χ2v) is 5.16. The number of halogens is 1. The van der Waals surface area contributed by atoms with Crippen LogP contribution in [-0.2, 0) is 0 Å². The molecule has 0 aliphatic heterocycles. The molecule has 0 spiro atoms. The Hall–Kier alpha value is -2.40. The number of imidazole rings is 1. The minimum atomic E-state index is -0.746. The number of hydrogen-bond donors (Lipinski definition) is 2. The third-order valence-corrected chi connectivity index (χ3v) is 3.48. The molecule has 3 aromatic rings. The van der Waals surface area contributed by atoms with Crippen molar-refractivity contribution in [2.24, 2.45) is 0 Å². The van der Waals surface area contributed by atoms with Gasteiger partial charge in [0.15, 0.2) is 0 Å². The van der Waals surface area contributed by atoms with Crippen molar-refractivity contribution in [3.63, 3.8) is 0 Å². The summed E-state index contributed by atoms with van der Waals surface area (Å²) in [5, 5.41) is 9.97. The van der Waals surface area contributed by atoms with Gasteiger partial charge in [-0.25, -0.2) is 9.37 Å². The molecule has 1 heterocycles. The molecule has 1 atom stereocenters. The van der Waals surface area contributed by atoms with E-state index in [0.29, 0.717) is 22.6 Å². The number of aliphatic hydroxyl groups is 1. The van der Waals surface area contributed by atoms with Crippen LogP contribution in [0.4, 0.5) is 10.1 Å². The monoisotopic (exact) mass is 285 g/mol. The Morgan fingerprint density at radius 3 is 2.67 bits per heavy atom.